The van der Waals surface area contributed by atoms with Crippen molar-refractivity contribution in [3.63, 3.8) is 0 Å². The minimum absolute atomic E-state index is 0. The Labute approximate surface area is 298 Å². The van der Waals surface area contributed by atoms with Gasteiger partial charge in [0.1, 0.15) is 17.9 Å². The van der Waals surface area contributed by atoms with Gasteiger partial charge in [0.15, 0.2) is 0 Å². The Morgan fingerprint density at radius 3 is 2.45 bits per heavy atom. The first kappa shape index (κ1) is 35.9. The molecule has 13 nitrogen and oxygen atoms in total. The normalized spacial score (nSPS) is 18.0. The molecule has 44 heavy (non-hydrogen) atoms. The fraction of sp³-hybridized carbons (Fsp3) is 0.357. The fourth-order valence-electron chi connectivity index (χ4n) is 5.30. The SMILES string of the molecule is C=C1C(=O)N(C(=O)N[C@@H](C(=O)N2CC(Oc3ccc4c(c3C(=O)[O-])O[B-](O)(O)CC4)C2)c2ccccc2)CCN1CC.[Na+].[Na+]. The van der Waals surface area contributed by atoms with E-state index in [0.717, 1.165) is 4.90 Å². The van der Waals surface area contributed by atoms with Crippen molar-refractivity contribution in [3.05, 3.63) is 71.4 Å². The number of rotatable bonds is 7. The van der Waals surface area contributed by atoms with Gasteiger partial charge in [-0.2, -0.15) is 0 Å². The number of aromatic carboxylic acids is 1. The number of carboxylic acid groups (broad SMARTS) is 1. The monoisotopic (exact) mass is 624 g/mol. The Morgan fingerprint density at radius 1 is 1.14 bits per heavy atom. The van der Waals surface area contributed by atoms with Crippen molar-refractivity contribution >= 4 is 30.6 Å². The van der Waals surface area contributed by atoms with E-state index in [0.29, 0.717) is 24.2 Å². The van der Waals surface area contributed by atoms with E-state index >= 15 is 0 Å². The minimum atomic E-state index is -3.21. The van der Waals surface area contributed by atoms with Crippen molar-refractivity contribution in [2.75, 3.05) is 32.7 Å². The van der Waals surface area contributed by atoms with E-state index in [1.54, 1.807) is 41.3 Å². The number of nitrogens with zero attached hydrogens (tertiary/aromatic N) is 3. The summed E-state index contributed by atoms with van der Waals surface area (Å²) in [7, 11) is 0. The molecule has 222 valence electrons. The van der Waals surface area contributed by atoms with Crippen molar-refractivity contribution in [2.45, 2.75) is 31.8 Å². The molecule has 0 saturated carbocycles. The summed E-state index contributed by atoms with van der Waals surface area (Å²) in [6.07, 6.45) is -0.461. The zero-order valence-electron chi connectivity index (χ0n) is 25.0. The van der Waals surface area contributed by atoms with Gasteiger partial charge in [0.05, 0.1) is 36.1 Å². The summed E-state index contributed by atoms with van der Waals surface area (Å²) >= 11 is 0. The third kappa shape index (κ3) is 7.45. The van der Waals surface area contributed by atoms with Crippen LogP contribution in [0.25, 0.3) is 0 Å². The van der Waals surface area contributed by atoms with Crippen molar-refractivity contribution in [1.82, 2.24) is 20.0 Å². The van der Waals surface area contributed by atoms with E-state index in [2.05, 4.69) is 11.9 Å². The summed E-state index contributed by atoms with van der Waals surface area (Å²) < 4.78 is 11.0. The Morgan fingerprint density at radius 2 is 1.82 bits per heavy atom. The van der Waals surface area contributed by atoms with Gasteiger partial charge in [0.25, 0.3) is 5.91 Å². The summed E-state index contributed by atoms with van der Waals surface area (Å²) in [5, 5.41) is 34.5. The molecule has 2 aromatic rings. The predicted octanol–water partition coefficient (Wildman–Crippen LogP) is -6.37. The zero-order chi connectivity index (χ0) is 30.2. The van der Waals surface area contributed by atoms with E-state index in [1.165, 1.54) is 11.0 Å². The van der Waals surface area contributed by atoms with E-state index < -0.39 is 48.3 Å². The van der Waals surface area contributed by atoms with Crippen LogP contribution < -0.4 is 78.9 Å². The van der Waals surface area contributed by atoms with Gasteiger partial charge in [-0.05, 0) is 30.5 Å². The minimum Gasteiger partial charge on any atom is -0.669 e. The van der Waals surface area contributed by atoms with Crippen LogP contribution in [0.3, 0.4) is 0 Å². The molecule has 3 aliphatic rings. The summed E-state index contributed by atoms with van der Waals surface area (Å²) in [5.41, 5.74) is 0.767. The number of urea groups is 1. The maximum atomic E-state index is 13.6. The van der Waals surface area contributed by atoms with Crippen LogP contribution in [0.2, 0.25) is 6.32 Å². The number of carbonyl (C=O) groups excluding carboxylic acids is 4. The Bertz CT molecular complexity index is 1440. The van der Waals surface area contributed by atoms with Crippen LogP contribution in [0, 0.1) is 0 Å². The molecule has 0 unspecified atom stereocenters. The van der Waals surface area contributed by atoms with Crippen molar-refractivity contribution in [3.8, 4) is 11.5 Å². The summed E-state index contributed by atoms with van der Waals surface area (Å²) in [4.78, 5) is 55.7. The van der Waals surface area contributed by atoms with Gasteiger partial charge in [-0.1, -0.05) is 49.3 Å². The van der Waals surface area contributed by atoms with Crippen molar-refractivity contribution < 1.29 is 103 Å². The zero-order valence-corrected chi connectivity index (χ0v) is 29.0. The number of likely N-dealkylation sites (N-methyl/N-ethyl adjacent to an activating group) is 1. The molecule has 3 N–H and O–H groups in total. The maximum Gasteiger partial charge on any atom is 1.00 e. The second-order valence-corrected chi connectivity index (χ2v) is 10.5. The van der Waals surface area contributed by atoms with Gasteiger partial charge in [0, 0.05) is 19.6 Å². The smallest absolute Gasteiger partial charge is 0.669 e. The fourth-order valence-corrected chi connectivity index (χ4v) is 5.30. The maximum absolute atomic E-state index is 13.6. The van der Waals surface area contributed by atoms with Crippen LogP contribution in [0.4, 0.5) is 4.79 Å². The number of aryl methyl sites for hydroxylation is 1. The quantitative estimate of drug-likeness (QED) is 0.199. The van der Waals surface area contributed by atoms with Crippen molar-refractivity contribution in [2.24, 2.45) is 0 Å². The number of nitrogens with one attached hydrogen (secondary N) is 1. The molecule has 0 spiro atoms. The summed E-state index contributed by atoms with van der Waals surface area (Å²) in [6, 6.07) is 9.83. The van der Waals surface area contributed by atoms with Crippen LogP contribution in [0.5, 0.6) is 11.5 Å². The van der Waals surface area contributed by atoms with Crippen LogP contribution >= 0.6 is 0 Å². The predicted molar refractivity (Wildman–Crippen MR) is 147 cm³/mol. The van der Waals surface area contributed by atoms with Crippen LogP contribution in [-0.4, -0.2) is 94.1 Å². The molecule has 4 amide bonds. The number of carbonyl (C=O) groups is 4. The van der Waals surface area contributed by atoms with Gasteiger partial charge < -0.3 is 44.5 Å². The molecule has 0 bridgehead atoms. The van der Waals surface area contributed by atoms with Crippen LogP contribution in [-0.2, 0) is 16.0 Å². The first-order chi connectivity index (χ1) is 20.0. The number of ether oxygens (including phenoxy) is 1. The molecule has 2 saturated heterocycles. The molecule has 1 atom stereocenters. The van der Waals surface area contributed by atoms with Crippen LogP contribution in [0.15, 0.2) is 54.7 Å². The topological polar surface area (TPSA) is 172 Å². The molecule has 16 heteroatoms. The van der Waals surface area contributed by atoms with Gasteiger partial charge in [-0.3, -0.25) is 14.5 Å². The molecule has 0 aliphatic carbocycles. The average Bonchev–Trinajstić information content (AvgIpc) is 2.93. The Kier molecular flexibility index (Phi) is 12.0. The molecule has 2 aromatic carbocycles. The summed E-state index contributed by atoms with van der Waals surface area (Å²) in [6.45, 7) is 3.79. The number of fused-ring (bicyclic) bond motifs is 1. The van der Waals surface area contributed by atoms with E-state index in [-0.39, 0.29) is 109 Å². The second kappa shape index (κ2) is 14.7. The van der Waals surface area contributed by atoms with Gasteiger partial charge in [-0.25, -0.2) is 4.79 Å². The van der Waals surface area contributed by atoms with Gasteiger partial charge >= 0.3 is 71.9 Å². The Balaban J connectivity index is 0.00000264. The first-order valence-electron chi connectivity index (χ1n) is 13.7. The first-order valence-corrected chi connectivity index (χ1v) is 13.7. The number of carboxylic acids is 1. The van der Waals surface area contributed by atoms with Crippen molar-refractivity contribution in [1.29, 1.82) is 0 Å². The van der Waals surface area contributed by atoms with E-state index in [9.17, 15) is 34.3 Å². The number of imide groups is 1. The molecule has 5 rings (SSSR count). The second-order valence-electron chi connectivity index (χ2n) is 10.5. The van der Waals surface area contributed by atoms with E-state index in [1.807, 2.05) is 6.92 Å². The number of hydrogen-bond acceptors (Lipinski definition) is 10. The van der Waals surface area contributed by atoms with Crippen LogP contribution in [0.1, 0.15) is 34.5 Å². The molecule has 0 radical (unpaired) electrons. The number of piperazine rings is 1. The largest absolute Gasteiger partial charge is 1.00 e. The molecule has 0 aromatic heterocycles. The van der Waals surface area contributed by atoms with Gasteiger partial charge in [0.2, 0.25) is 5.91 Å². The molecule has 3 aliphatic heterocycles. The van der Waals surface area contributed by atoms with E-state index in [4.69, 9.17) is 9.39 Å². The number of amides is 4. The number of hydrogen-bond donors (Lipinski definition) is 3. The Hall–Kier alpha value is -2.56. The third-order valence-electron chi connectivity index (χ3n) is 7.70. The third-order valence-corrected chi connectivity index (χ3v) is 7.70. The molecular formula is C28H31BN4Na2O9. The number of benzene rings is 2. The number of likely N-dealkylation sites (tertiary alicyclic amines) is 1. The molecular weight excluding hydrogens is 593 g/mol. The molecule has 3 heterocycles. The average molecular weight is 624 g/mol. The van der Waals surface area contributed by atoms with Gasteiger partial charge in [-0.15, -0.1) is 0 Å². The summed E-state index contributed by atoms with van der Waals surface area (Å²) in [5.74, 6) is -2.87. The standard InChI is InChI=1S/C28H32BN4O9.2Na/c1-3-31-13-14-33(25(34)17(31)2)28(38)30-23(18-7-5-4-6-8-18)26(35)32-15-20(16-32)41-21-10-9-19-11-12-29(39,40)42-24(19)22(21)27(36)37;;/h4-10,20,23,39-40H,2-3,11-16H2,1H3,(H,30,38)(H,36,37);;/q-1;2*+1/p-1/t23-;;/m1../s1. The molecule has 2 fully saturated rings.